The van der Waals surface area contributed by atoms with Crippen molar-refractivity contribution in [2.75, 3.05) is 7.11 Å². The van der Waals surface area contributed by atoms with Crippen LogP contribution in [0.2, 0.25) is 0 Å². The van der Waals surface area contributed by atoms with E-state index in [1.165, 1.54) is 19.2 Å². The highest BCUT2D eigenvalue weighted by Gasteiger charge is 2.35. The highest BCUT2D eigenvalue weighted by molar-refractivity contribution is 5.86. The Balaban J connectivity index is 2.64. The number of aromatic amines is 1. The minimum absolute atomic E-state index is 0.0722. The van der Waals surface area contributed by atoms with Crippen molar-refractivity contribution in [3.8, 4) is 11.5 Å². The first kappa shape index (κ1) is 13.2. The summed E-state index contributed by atoms with van der Waals surface area (Å²) >= 11 is 0. The van der Waals surface area contributed by atoms with Crippen LogP contribution in [0.25, 0.3) is 11.0 Å². The van der Waals surface area contributed by atoms with Crippen LogP contribution in [0.4, 0.5) is 13.2 Å². The Hall–Kier alpha value is -2.25. The molecule has 0 aliphatic heterocycles. The molecule has 0 aliphatic rings. The lowest BCUT2D eigenvalue weighted by atomic mass is 10.2. The zero-order chi connectivity index (χ0) is 14.2. The van der Waals surface area contributed by atoms with E-state index in [0.717, 1.165) is 6.92 Å². The van der Waals surface area contributed by atoms with Gasteiger partial charge in [-0.1, -0.05) is 0 Å². The lowest BCUT2D eigenvalue weighted by Gasteiger charge is -2.05. The van der Waals surface area contributed by atoms with Gasteiger partial charge in [0, 0.05) is 19.1 Å². The van der Waals surface area contributed by atoms with Crippen molar-refractivity contribution in [2.24, 2.45) is 0 Å². The van der Waals surface area contributed by atoms with E-state index in [1.807, 2.05) is 0 Å². The molecule has 0 atom stereocenters. The number of esters is 1. The lowest BCUT2D eigenvalue weighted by Crippen LogP contribution is -2.07. The number of carbonyl (C=O) groups is 1. The standard InChI is InChI=1S/C11H9F3N2O3/c1-5(17)19-8-4-6(18-2)3-7-9(8)16-10(15-7)11(12,13)14/h3-4H,1-2H3,(H,15,16). The molecule has 2 rings (SSSR count). The highest BCUT2D eigenvalue weighted by Crippen LogP contribution is 2.34. The quantitative estimate of drug-likeness (QED) is 0.675. The normalized spacial score (nSPS) is 11.6. The molecule has 0 fully saturated rings. The summed E-state index contributed by atoms with van der Waals surface area (Å²) in [5.74, 6) is -1.66. The molecule has 1 heterocycles. The van der Waals surface area contributed by atoms with Gasteiger partial charge in [0.05, 0.1) is 12.6 Å². The van der Waals surface area contributed by atoms with Crippen molar-refractivity contribution in [2.45, 2.75) is 13.1 Å². The molecular weight excluding hydrogens is 265 g/mol. The van der Waals surface area contributed by atoms with Gasteiger partial charge in [-0.25, -0.2) is 4.98 Å². The highest BCUT2D eigenvalue weighted by atomic mass is 19.4. The molecule has 0 amide bonds. The molecule has 0 aliphatic carbocycles. The molecule has 0 saturated heterocycles. The van der Waals surface area contributed by atoms with Gasteiger partial charge in [0.2, 0.25) is 5.82 Å². The van der Waals surface area contributed by atoms with Crippen LogP contribution in [0.15, 0.2) is 12.1 Å². The van der Waals surface area contributed by atoms with Crippen molar-refractivity contribution in [3.63, 3.8) is 0 Å². The third-order valence-electron chi connectivity index (χ3n) is 2.28. The van der Waals surface area contributed by atoms with E-state index in [-0.39, 0.29) is 22.5 Å². The fourth-order valence-electron chi connectivity index (χ4n) is 1.55. The number of imidazole rings is 1. The minimum atomic E-state index is -4.61. The Kier molecular flexibility index (Phi) is 3.09. The number of rotatable bonds is 2. The number of methoxy groups -OCH3 is 1. The Morgan fingerprint density at radius 3 is 2.58 bits per heavy atom. The van der Waals surface area contributed by atoms with Crippen molar-refractivity contribution in [1.29, 1.82) is 0 Å². The zero-order valence-corrected chi connectivity index (χ0v) is 9.96. The van der Waals surface area contributed by atoms with Gasteiger partial charge in [-0.05, 0) is 0 Å². The van der Waals surface area contributed by atoms with Crippen molar-refractivity contribution in [3.05, 3.63) is 18.0 Å². The number of nitrogens with one attached hydrogen (secondary N) is 1. The summed E-state index contributed by atoms with van der Waals surface area (Å²) in [5.41, 5.74) is -0.00810. The molecular formula is C11H9F3N2O3. The number of hydrogen-bond acceptors (Lipinski definition) is 4. The molecule has 5 nitrogen and oxygen atoms in total. The van der Waals surface area contributed by atoms with E-state index < -0.39 is 18.0 Å². The number of aromatic nitrogens is 2. The smallest absolute Gasteiger partial charge is 0.449 e. The van der Waals surface area contributed by atoms with Gasteiger partial charge in [0.1, 0.15) is 11.3 Å². The van der Waals surface area contributed by atoms with Crippen molar-refractivity contribution < 1.29 is 27.4 Å². The van der Waals surface area contributed by atoms with E-state index in [2.05, 4.69) is 9.97 Å². The van der Waals surface area contributed by atoms with Crippen molar-refractivity contribution >= 4 is 17.0 Å². The summed E-state index contributed by atoms with van der Waals surface area (Å²) in [6.45, 7) is 1.14. The van der Waals surface area contributed by atoms with Gasteiger partial charge >= 0.3 is 12.1 Å². The van der Waals surface area contributed by atoms with Crippen molar-refractivity contribution in [1.82, 2.24) is 9.97 Å². The number of ether oxygens (including phenoxy) is 2. The van der Waals surface area contributed by atoms with Gasteiger partial charge in [-0.3, -0.25) is 4.79 Å². The largest absolute Gasteiger partial charge is 0.497 e. The SMILES string of the molecule is COc1cc(OC(C)=O)c2nc(C(F)(F)F)[nH]c2c1. The second-order valence-corrected chi connectivity index (χ2v) is 3.70. The third-order valence-corrected chi connectivity index (χ3v) is 2.28. The Bertz CT molecular complexity index is 634. The second-order valence-electron chi connectivity index (χ2n) is 3.70. The molecule has 1 N–H and O–H groups in total. The molecule has 2 aromatic rings. The third kappa shape index (κ3) is 2.61. The maximum atomic E-state index is 12.6. The summed E-state index contributed by atoms with van der Waals surface area (Å²) in [4.78, 5) is 16.5. The van der Waals surface area contributed by atoms with E-state index in [9.17, 15) is 18.0 Å². The van der Waals surface area contributed by atoms with Crippen LogP contribution in [-0.2, 0) is 11.0 Å². The number of hydrogen-bond donors (Lipinski definition) is 1. The van der Waals surface area contributed by atoms with Crippen LogP contribution in [-0.4, -0.2) is 23.0 Å². The molecule has 1 aromatic carbocycles. The summed E-state index contributed by atoms with van der Waals surface area (Å²) in [6.07, 6.45) is -4.61. The fourth-order valence-corrected chi connectivity index (χ4v) is 1.55. The van der Waals surface area contributed by atoms with Crippen LogP contribution < -0.4 is 9.47 Å². The summed E-state index contributed by atoms with van der Waals surface area (Å²) in [5, 5.41) is 0. The Labute approximate surface area is 105 Å². The maximum absolute atomic E-state index is 12.6. The molecule has 0 unspecified atom stereocenters. The molecule has 19 heavy (non-hydrogen) atoms. The first-order chi connectivity index (χ1) is 8.81. The minimum Gasteiger partial charge on any atom is -0.497 e. The number of benzene rings is 1. The van der Waals surface area contributed by atoms with Crippen LogP contribution >= 0.6 is 0 Å². The van der Waals surface area contributed by atoms with Gasteiger partial charge in [-0.15, -0.1) is 0 Å². The first-order valence-corrected chi connectivity index (χ1v) is 5.14. The topological polar surface area (TPSA) is 64.2 Å². The fraction of sp³-hybridized carbons (Fsp3) is 0.273. The average molecular weight is 274 g/mol. The van der Waals surface area contributed by atoms with Crippen LogP contribution in [0.5, 0.6) is 11.5 Å². The first-order valence-electron chi connectivity index (χ1n) is 5.14. The zero-order valence-electron chi connectivity index (χ0n) is 9.96. The Morgan fingerprint density at radius 2 is 2.05 bits per heavy atom. The maximum Gasteiger partial charge on any atom is 0.449 e. The number of alkyl halides is 3. The molecule has 1 aromatic heterocycles. The van der Waals surface area contributed by atoms with Crippen LogP contribution in [0.3, 0.4) is 0 Å². The van der Waals surface area contributed by atoms with Gasteiger partial charge < -0.3 is 14.5 Å². The number of nitrogens with zero attached hydrogens (tertiary/aromatic N) is 1. The van der Waals surface area contributed by atoms with Gasteiger partial charge in [-0.2, -0.15) is 13.2 Å². The van der Waals surface area contributed by atoms with E-state index in [4.69, 9.17) is 9.47 Å². The Morgan fingerprint density at radius 1 is 1.37 bits per heavy atom. The lowest BCUT2D eigenvalue weighted by molar-refractivity contribution is -0.144. The predicted octanol–water partition coefficient (Wildman–Crippen LogP) is 2.52. The molecule has 0 spiro atoms. The predicted molar refractivity (Wildman–Crippen MR) is 59.0 cm³/mol. The molecule has 102 valence electrons. The van der Waals surface area contributed by atoms with E-state index >= 15 is 0 Å². The van der Waals surface area contributed by atoms with E-state index in [1.54, 1.807) is 0 Å². The summed E-state index contributed by atoms with van der Waals surface area (Å²) in [6, 6.07) is 2.63. The average Bonchev–Trinajstić information content (AvgIpc) is 2.71. The number of fused-ring (bicyclic) bond motifs is 1. The van der Waals surface area contributed by atoms with Gasteiger partial charge in [0.25, 0.3) is 0 Å². The van der Waals surface area contributed by atoms with Crippen LogP contribution in [0.1, 0.15) is 12.7 Å². The molecule has 0 saturated carbocycles. The number of H-pyrrole nitrogens is 1. The number of carbonyl (C=O) groups excluding carboxylic acids is 1. The summed E-state index contributed by atoms with van der Waals surface area (Å²) < 4.78 is 47.5. The van der Waals surface area contributed by atoms with E-state index in [0.29, 0.717) is 0 Å². The number of halogens is 3. The molecule has 8 heteroatoms. The van der Waals surface area contributed by atoms with Gasteiger partial charge in [0.15, 0.2) is 5.75 Å². The molecule has 0 radical (unpaired) electrons. The summed E-state index contributed by atoms with van der Waals surface area (Å²) in [7, 11) is 1.35. The second kappa shape index (κ2) is 4.45. The molecule has 0 bridgehead atoms. The van der Waals surface area contributed by atoms with Crippen LogP contribution in [0, 0.1) is 0 Å². The monoisotopic (exact) mass is 274 g/mol.